The number of sulfonamides is 1. The Labute approximate surface area is 161 Å². The number of H-pyrrole nitrogens is 1. The standard InChI is InChI=1S/C12H11Br3F3N3O2S/c1-3-21(4-2)24(22,23)10-7(15)5(13)6(14)8-9(10)20-11(19-8)12(16,17)18/h3-4H2,1-2H3,(H,19,20). The van der Waals surface area contributed by atoms with Crippen molar-refractivity contribution in [1.82, 2.24) is 14.3 Å². The Morgan fingerprint density at radius 3 is 2.08 bits per heavy atom. The molecule has 5 nitrogen and oxygen atoms in total. The van der Waals surface area contributed by atoms with Crippen molar-refractivity contribution >= 4 is 68.8 Å². The van der Waals surface area contributed by atoms with Gasteiger partial charge in [-0.3, -0.25) is 0 Å². The van der Waals surface area contributed by atoms with Crippen molar-refractivity contribution in [3.8, 4) is 0 Å². The van der Waals surface area contributed by atoms with Crippen LogP contribution < -0.4 is 0 Å². The maximum Gasteiger partial charge on any atom is 0.449 e. The third kappa shape index (κ3) is 3.27. The molecule has 1 aromatic heterocycles. The highest BCUT2D eigenvalue weighted by Gasteiger charge is 2.38. The minimum absolute atomic E-state index is 0.117. The summed E-state index contributed by atoms with van der Waals surface area (Å²) in [5.74, 6) is -1.26. The molecule has 0 amide bonds. The van der Waals surface area contributed by atoms with Gasteiger partial charge < -0.3 is 4.98 Å². The lowest BCUT2D eigenvalue weighted by Crippen LogP contribution is -2.31. The van der Waals surface area contributed by atoms with E-state index in [9.17, 15) is 21.6 Å². The summed E-state index contributed by atoms with van der Waals surface area (Å²) in [5.41, 5.74) is -0.334. The normalized spacial score (nSPS) is 13.2. The fourth-order valence-electron chi connectivity index (χ4n) is 2.18. The molecule has 0 aliphatic carbocycles. The summed E-state index contributed by atoms with van der Waals surface area (Å²) in [4.78, 5) is 5.32. The first-order chi connectivity index (χ1) is 11.0. The lowest BCUT2D eigenvalue weighted by atomic mass is 10.3. The van der Waals surface area contributed by atoms with Crippen LogP contribution >= 0.6 is 47.8 Å². The molecule has 0 saturated heterocycles. The molecule has 1 N–H and O–H groups in total. The van der Waals surface area contributed by atoms with Crippen LogP contribution in [0.15, 0.2) is 18.3 Å². The number of fused-ring (bicyclic) bond motifs is 1. The van der Waals surface area contributed by atoms with E-state index in [1.165, 1.54) is 0 Å². The van der Waals surface area contributed by atoms with E-state index in [0.29, 0.717) is 0 Å². The van der Waals surface area contributed by atoms with Gasteiger partial charge in [-0.1, -0.05) is 13.8 Å². The van der Waals surface area contributed by atoms with Gasteiger partial charge in [-0.25, -0.2) is 13.4 Å². The molecule has 1 aromatic carbocycles. The van der Waals surface area contributed by atoms with Crippen LogP contribution in [0.25, 0.3) is 11.0 Å². The maximum absolute atomic E-state index is 13.0. The molecule has 24 heavy (non-hydrogen) atoms. The van der Waals surface area contributed by atoms with Gasteiger partial charge in [-0.15, -0.1) is 0 Å². The summed E-state index contributed by atoms with van der Waals surface area (Å²) in [7, 11) is -4.03. The van der Waals surface area contributed by atoms with Gasteiger partial charge in [0.1, 0.15) is 10.4 Å². The number of hydrogen-bond donors (Lipinski definition) is 1. The average Bonchev–Trinajstić information content (AvgIpc) is 2.90. The number of imidazole rings is 1. The molecule has 2 aromatic rings. The predicted octanol–water partition coefficient (Wildman–Crippen LogP) is 4.90. The second kappa shape index (κ2) is 6.86. The van der Waals surface area contributed by atoms with E-state index >= 15 is 0 Å². The van der Waals surface area contributed by atoms with Crippen molar-refractivity contribution in [1.29, 1.82) is 0 Å². The van der Waals surface area contributed by atoms with Crippen molar-refractivity contribution in [2.24, 2.45) is 0 Å². The third-order valence-electron chi connectivity index (χ3n) is 3.30. The fraction of sp³-hybridized carbons (Fsp3) is 0.417. The fourth-order valence-corrected chi connectivity index (χ4v) is 6.13. The van der Waals surface area contributed by atoms with Gasteiger partial charge in [0.05, 0.1) is 14.5 Å². The lowest BCUT2D eigenvalue weighted by Gasteiger charge is -2.20. The van der Waals surface area contributed by atoms with E-state index in [0.717, 1.165) is 4.31 Å². The van der Waals surface area contributed by atoms with Gasteiger partial charge in [-0.2, -0.15) is 17.5 Å². The van der Waals surface area contributed by atoms with Crippen LogP contribution in [0.1, 0.15) is 19.7 Å². The smallest absolute Gasteiger partial charge is 0.333 e. The van der Waals surface area contributed by atoms with Crippen LogP contribution in [0.4, 0.5) is 13.2 Å². The first kappa shape index (κ1) is 20.1. The van der Waals surface area contributed by atoms with Gasteiger partial charge in [0.25, 0.3) is 0 Å². The molecule has 0 aliphatic heterocycles. The molecule has 0 fully saturated rings. The van der Waals surface area contributed by atoms with E-state index in [1.54, 1.807) is 13.8 Å². The number of alkyl halides is 3. The van der Waals surface area contributed by atoms with Crippen molar-refractivity contribution in [2.75, 3.05) is 13.1 Å². The monoisotopic (exact) mass is 555 g/mol. The molecule has 0 aliphatic rings. The summed E-state index contributed by atoms with van der Waals surface area (Å²) < 4.78 is 66.5. The maximum atomic E-state index is 13.0. The first-order valence-corrected chi connectivity index (χ1v) is 10.4. The highest BCUT2D eigenvalue weighted by Crippen LogP contribution is 2.44. The Morgan fingerprint density at radius 2 is 1.62 bits per heavy atom. The molecule has 12 heteroatoms. The SMILES string of the molecule is CCN(CC)S(=O)(=O)c1c(Br)c(Br)c(Br)c2nc(C(F)(F)F)[nH]c12. The molecule has 0 radical (unpaired) electrons. The molecule has 0 bridgehead atoms. The first-order valence-electron chi connectivity index (χ1n) is 6.60. The van der Waals surface area contributed by atoms with E-state index in [2.05, 4.69) is 57.8 Å². The van der Waals surface area contributed by atoms with Crippen molar-refractivity contribution in [3.05, 3.63) is 19.2 Å². The molecule has 1 heterocycles. The van der Waals surface area contributed by atoms with E-state index in [-0.39, 0.29) is 42.4 Å². The van der Waals surface area contributed by atoms with Crippen LogP contribution in [-0.4, -0.2) is 35.8 Å². The predicted molar refractivity (Wildman–Crippen MR) is 94.3 cm³/mol. The molecule has 0 atom stereocenters. The average molecular weight is 558 g/mol. The molecule has 0 spiro atoms. The van der Waals surface area contributed by atoms with Crippen molar-refractivity contribution < 1.29 is 21.6 Å². The zero-order valence-corrected chi connectivity index (χ0v) is 17.9. The summed E-state index contributed by atoms with van der Waals surface area (Å²) >= 11 is 9.50. The van der Waals surface area contributed by atoms with E-state index in [4.69, 9.17) is 0 Å². The van der Waals surface area contributed by atoms with Crippen molar-refractivity contribution in [3.63, 3.8) is 0 Å². The summed E-state index contributed by atoms with van der Waals surface area (Å²) in [6, 6.07) is 0. The zero-order valence-electron chi connectivity index (χ0n) is 12.3. The van der Waals surface area contributed by atoms with Gasteiger partial charge >= 0.3 is 6.18 Å². The number of rotatable bonds is 4. The van der Waals surface area contributed by atoms with Gasteiger partial charge in [0.2, 0.25) is 15.8 Å². The third-order valence-corrected chi connectivity index (χ3v) is 9.10. The molecule has 134 valence electrons. The number of benzene rings is 1. The topological polar surface area (TPSA) is 66.1 Å². The number of nitrogens with zero attached hydrogens (tertiary/aromatic N) is 2. The van der Waals surface area contributed by atoms with E-state index in [1.807, 2.05) is 0 Å². The molecular formula is C12H11Br3F3N3O2S. The summed E-state index contributed by atoms with van der Waals surface area (Å²) in [5, 5.41) is 0. The number of nitrogens with one attached hydrogen (secondary N) is 1. The summed E-state index contributed by atoms with van der Waals surface area (Å²) in [6.07, 6.45) is -4.73. The Kier molecular flexibility index (Phi) is 5.76. The number of halogens is 6. The summed E-state index contributed by atoms with van der Waals surface area (Å²) in [6.45, 7) is 3.66. The van der Waals surface area contributed by atoms with Crippen LogP contribution in [0.2, 0.25) is 0 Å². The zero-order chi connectivity index (χ0) is 18.4. The van der Waals surface area contributed by atoms with Crippen LogP contribution in [0.5, 0.6) is 0 Å². The number of aromatic amines is 1. The molecule has 2 rings (SSSR count). The van der Waals surface area contributed by atoms with Gasteiger partial charge in [0.15, 0.2) is 0 Å². The van der Waals surface area contributed by atoms with Crippen LogP contribution in [0.3, 0.4) is 0 Å². The Morgan fingerprint density at radius 1 is 1.08 bits per heavy atom. The Balaban J connectivity index is 2.95. The van der Waals surface area contributed by atoms with Gasteiger partial charge in [-0.05, 0) is 47.8 Å². The quantitative estimate of drug-likeness (QED) is 0.544. The Hall–Kier alpha value is -0.170. The number of hydrogen-bond acceptors (Lipinski definition) is 3. The minimum atomic E-state index is -4.73. The molecular weight excluding hydrogens is 547 g/mol. The highest BCUT2D eigenvalue weighted by molar-refractivity contribution is 9.14. The van der Waals surface area contributed by atoms with Gasteiger partial charge in [0, 0.05) is 17.6 Å². The number of aromatic nitrogens is 2. The largest absolute Gasteiger partial charge is 0.449 e. The van der Waals surface area contributed by atoms with E-state index < -0.39 is 22.0 Å². The Bertz CT molecular complexity index is 893. The molecule has 0 saturated carbocycles. The highest BCUT2D eigenvalue weighted by atomic mass is 79.9. The second-order valence-corrected chi connectivity index (χ2v) is 8.92. The molecule has 0 unspecified atom stereocenters. The lowest BCUT2D eigenvalue weighted by molar-refractivity contribution is -0.144. The minimum Gasteiger partial charge on any atom is -0.333 e. The van der Waals surface area contributed by atoms with Crippen LogP contribution in [0, 0.1) is 0 Å². The second-order valence-electron chi connectivity index (χ2n) is 4.67. The van der Waals surface area contributed by atoms with Crippen LogP contribution in [-0.2, 0) is 16.2 Å². The van der Waals surface area contributed by atoms with Crippen molar-refractivity contribution in [2.45, 2.75) is 24.9 Å².